The van der Waals surface area contributed by atoms with E-state index in [0.717, 1.165) is 5.56 Å². The molecule has 2 aromatic heterocycles. The second kappa shape index (κ2) is 8.39. The Balaban J connectivity index is 1.73. The van der Waals surface area contributed by atoms with Gasteiger partial charge in [0.15, 0.2) is 20.4 Å². The molecule has 0 unspecified atom stereocenters. The number of benzene rings is 1. The third-order valence-electron chi connectivity index (χ3n) is 6.28. The van der Waals surface area contributed by atoms with Gasteiger partial charge in [0.25, 0.3) is 0 Å². The van der Waals surface area contributed by atoms with Crippen LogP contribution in [0.3, 0.4) is 0 Å². The number of sulfone groups is 1. The van der Waals surface area contributed by atoms with E-state index in [1.165, 1.54) is 38.2 Å². The van der Waals surface area contributed by atoms with Gasteiger partial charge in [-0.25, -0.2) is 12.8 Å². The molecule has 0 saturated carbocycles. The number of Topliss-reactive ketones (excluding diaryl/α,β-unsaturated/α-hetero) is 1. The van der Waals surface area contributed by atoms with Gasteiger partial charge in [0.05, 0.1) is 11.4 Å². The van der Waals surface area contributed by atoms with Crippen molar-refractivity contribution in [3.8, 4) is 0 Å². The first-order valence-electron chi connectivity index (χ1n) is 10.7. The van der Waals surface area contributed by atoms with Gasteiger partial charge in [-0.05, 0) is 62.2 Å². The molecule has 1 aliphatic rings. The minimum atomic E-state index is -3.94. The van der Waals surface area contributed by atoms with Crippen molar-refractivity contribution in [3.63, 3.8) is 0 Å². The smallest absolute Gasteiger partial charge is 0.185 e. The minimum Gasteiger partial charge on any atom is -0.386 e. The van der Waals surface area contributed by atoms with Crippen LogP contribution in [-0.2, 0) is 26.5 Å². The van der Waals surface area contributed by atoms with E-state index in [9.17, 15) is 17.6 Å². The molecule has 0 bridgehead atoms. The van der Waals surface area contributed by atoms with Crippen LogP contribution in [0.25, 0.3) is 0 Å². The summed E-state index contributed by atoms with van der Waals surface area (Å²) in [5, 5.41) is 0. The highest BCUT2D eigenvalue weighted by Crippen LogP contribution is 2.42. The average Bonchev–Trinajstić information content (AvgIpc) is 2.79. The second-order valence-electron chi connectivity index (χ2n) is 8.91. The Kier molecular flexibility index (Phi) is 5.85. The molecular weight excluding hydrogens is 455 g/mol. The maximum Gasteiger partial charge on any atom is 0.185 e. The molecule has 2 N–H and O–H groups in total. The number of carbonyl (C=O) groups is 1. The van der Waals surface area contributed by atoms with Crippen molar-refractivity contribution < 1.29 is 17.6 Å². The third-order valence-corrected chi connectivity index (χ3v) is 8.88. The van der Waals surface area contributed by atoms with Crippen LogP contribution in [0.15, 0.2) is 65.9 Å². The molecule has 0 saturated heterocycles. The highest BCUT2D eigenvalue weighted by Gasteiger charge is 2.54. The number of amidine groups is 1. The standard InChI is InChI=1S/C25H25FN4O3S/c1-16-7-10-20(29-14-16)21(31)13-17-8-9-19(26)18(12-17)24(2)15-34(32,33)25(3,23(27)30-24)22-6-4-5-11-28-22/h4-12,14H,13,15H2,1-3H3,(H2,27,30)/t24-,25+/m0/s1. The highest BCUT2D eigenvalue weighted by molar-refractivity contribution is 7.93. The van der Waals surface area contributed by atoms with Gasteiger partial charge in [0.2, 0.25) is 0 Å². The molecule has 34 heavy (non-hydrogen) atoms. The number of hydrogen-bond acceptors (Lipinski definition) is 7. The first-order valence-corrected chi connectivity index (χ1v) is 12.4. The number of halogens is 1. The number of hydrogen-bond donors (Lipinski definition) is 1. The van der Waals surface area contributed by atoms with E-state index in [2.05, 4.69) is 15.0 Å². The van der Waals surface area contributed by atoms with Gasteiger partial charge in [-0.15, -0.1) is 0 Å². The molecule has 0 amide bonds. The lowest BCUT2D eigenvalue weighted by Gasteiger charge is -2.39. The zero-order chi connectivity index (χ0) is 24.7. The van der Waals surface area contributed by atoms with E-state index in [0.29, 0.717) is 11.3 Å². The number of ketones is 1. The molecule has 0 spiro atoms. The Morgan fingerprint density at radius 3 is 2.50 bits per heavy atom. The normalized spacial score (nSPS) is 23.8. The van der Waals surface area contributed by atoms with Crippen LogP contribution in [0, 0.1) is 12.7 Å². The van der Waals surface area contributed by atoms with E-state index in [-0.39, 0.29) is 29.3 Å². The summed E-state index contributed by atoms with van der Waals surface area (Å²) >= 11 is 0. The first kappa shape index (κ1) is 23.7. The van der Waals surface area contributed by atoms with Gasteiger partial charge in [-0.3, -0.25) is 19.8 Å². The predicted molar refractivity (Wildman–Crippen MR) is 128 cm³/mol. The summed E-state index contributed by atoms with van der Waals surface area (Å²) in [5.41, 5.74) is 6.84. The lowest BCUT2D eigenvalue weighted by atomic mass is 9.90. The number of nitrogens with two attached hydrogens (primary N) is 1. The summed E-state index contributed by atoms with van der Waals surface area (Å²) in [5.74, 6) is -1.49. The van der Waals surface area contributed by atoms with Crippen LogP contribution in [0.1, 0.15) is 46.7 Å². The van der Waals surface area contributed by atoms with Gasteiger partial charge in [-0.1, -0.05) is 18.2 Å². The van der Waals surface area contributed by atoms with Crippen molar-refractivity contribution >= 4 is 21.5 Å². The number of pyridine rings is 2. The van der Waals surface area contributed by atoms with E-state index >= 15 is 0 Å². The van der Waals surface area contributed by atoms with Crippen LogP contribution >= 0.6 is 0 Å². The number of aryl methyl sites for hydroxylation is 1. The summed E-state index contributed by atoms with van der Waals surface area (Å²) in [6.07, 6.45) is 3.07. The van der Waals surface area contributed by atoms with Crippen LogP contribution in [0.4, 0.5) is 4.39 Å². The quantitative estimate of drug-likeness (QED) is 0.561. The molecule has 3 heterocycles. The zero-order valence-electron chi connectivity index (χ0n) is 19.1. The maximum absolute atomic E-state index is 15.0. The van der Waals surface area contributed by atoms with Gasteiger partial charge in [0.1, 0.15) is 22.9 Å². The van der Waals surface area contributed by atoms with Gasteiger partial charge < -0.3 is 5.73 Å². The molecule has 1 aliphatic heterocycles. The molecule has 1 aromatic carbocycles. The Labute approximate surface area is 197 Å². The van der Waals surface area contributed by atoms with Crippen LogP contribution < -0.4 is 5.73 Å². The van der Waals surface area contributed by atoms with Crippen molar-refractivity contribution in [2.24, 2.45) is 10.7 Å². The number of nitrogens with zero attached hydrogens (tertiary/aromatic N) is 3. The molecule has 9 heteroatoms. The maximum atomic E-state index is 15.0. The van der Waals surface area contributed by atoms with Gasteiger partial charge >= 0.3 is 0 Å². The minimum absolute atomic E-state index is 0.0168. The molecule has 4 rings (SSSR count). The topological polar surface area (TPSA) is 115 Å². The van der Waals surface area contributed by atoms with Crippen LogP contribution in [0.2, 0.25) is 0 Å². The van der Waals surface area contributed by atoms with Crippen molar-refractivity contribution in [3.05, 3.63) is 94.8 Å². The van der Waals surface area contributed by atoms with E-state index < -0.39 is 31.7 Å². The molecule has 0 radical (unpaired) electrons. The monoisotopic (exact) mass is 480 g/mol. The number of carbonyl (C=O) groups excluding carboxylic acids is 1. The van der Waals surface area contributed by atoms with Crippen LogP contribution in [0.5, 0.6) is 0 Å². The van der Waals surface area contributed by atoms with E-state index in [1.807, 2.05) is 6.92 Å². The molecular formula is C25H25FN4O3S. The molecule has 2 atom stereocenters. The Morgan fingerprint density at radius 1 is 1.12 bits per heavy atom. The van der Waals surface area contributed by atoms with Crippen LogP contribution in [-0.4, -0.2) is 35.8 Å². The fourth-order valence-electron chi connectivity index (χ4n) is 4.16. The fourth-order valence-corrected chi connectivity index (χ4v) is 6.21. The summed E-state index contributed by atoms with van der Waals surface area (Å²) in [6.45, 7) is 4.86. The lowest BCUT2D eigenvalue weighted by Crippen LogP contribution is -2.55. The molecule has 176 valence electrons. The Bertz CT molecular complexity index is 1390. The third kappa shape index (κ3) is 4.00. The number of rotatable bonds is 5. The van der Waals surface area contributed by atoms with Crippen molar-refractivity contribution in [1.82, 2.24) is 9.97 Å². The molecule has 0 aliphatic carbocycles. The first-order chi connectivity index (χ1) is 16.0. The van der Waals surface area contributed by atoms with Crippen molar-refractivity contribution in [1.29, 1.82) is 0 Å². The predicted octanol–water partition coefficient (Wildman–Crippen LogP) is 3.27. The van der Waals surface area contributed by atoms with Crippen molar-refractivity contribution in [2.75, 3.05) is 5.75 Å². The summed E-state index contributed by atoms with van der Waals surface area (Å²) < 4.78 is 40.4. The van der Waals surface area contributed by atoms with E-state index in [1.54, 1.807) is 36.5 Å². The Hall–Kier alpha value is -3.46. The molecule has 7 nitrogen and oxygen atoms in total. The Morgan fingerprint density at radius 2 is 1.88 bits per heavy atom. The molecule has 0 fully saturated rings. The summed E-state index contributed by atoms with van der Waals surface area (Å²) in [4.78, 5) is 25.5. The summed E-state index contributed by atoms with van der Waals surface area (Å²) in [7, 11) is -3.94. The zero-order valence-corrected chi connectivity index (χ0v) is 19.9. The average molecular weight is 481 g/mol. The number of aliphatic imine (C=N–C) groups is 1. The fraction of sp³-hybridized carbons (Fsp3) is 0.280. The second-order valence-corrected chi connectivity index (χ2v) is 11.2. The van der Waals surface area contributed by atoms with Crippen molar-refractivity contribution in [2.45, 2.75) is 37.5 Å². The van der Waals surface area contributed by atoms with E-state index in [4.69, 9.17) is 5.73 Å². The highest BCUT2D eigenvalue weighted by atomic mass is 32.2. The summed E-state index contributed by atoms with van der Waals surface area (Å²) in [6, 6.07) is 12.6. The molecule has 3 aromatic rings. The lowest BCUT2D eigenvalue weighted by molar-refractivity contribution is 0.0988. The SMILES string of the molecule is Cc1ccc(C(=O)Cc2ccc(F)c([C@]3(C)CS(=O)(=O)[C@](C)(c4ccccn4)C(N)=N3)c2)nc1. The van der Waals surface area contributed by atoms with Gasteiger partial charge in [-0.2, -0.15) is 0 Å². The number of aromatic nitrogens is 2. The van der Waals surface area contributed by atoms with Gasteiger partial charge in [0, 0.05) is 24.4 Å². The largest absolute Gasteiger partial charge is 0.386 e.